The first kappa shape index (κ1) is 19.2. The first-order chi connectivity index (χ1) is 10.7. The van der Waals surface area contributed by atoms with E-state index in [0.717, 1.165) is 24.0 Å². The van der Waals surface area contributed by atoms with E-state index in [0.29, 0.717) is 0 Å². The van der Waals surface area contributed by atoms with Gasteiger partial charge >= 0.3 is 5.97 Å². The number of allylic oxidation sites excluding steroid dienone is 10. The van der Waals surface area contributed by atoms with Crippen LogP contribution in [0.25, 0.3) is 0 Å². The van der Waals surface area contributed by atoms with Gasteiger partial charge in [0.25, 0.3) is 0 Å². The summed E-state index contributed by atoms with van der Waals surface area (Å²) >= 11 is 0. The smallest absolute Gasteiger partial charge is 0.307 e. The number of rotatable bonds is 5. The van der Waals surface area contributed by atoms with E-state index in [1.54, 1.807) is 0 Å². The molecule has 0 spiro atoms. The van der Waals surface area contributed by atoms with E-state index >= 15 is 0 Å². The summed E-state index contributed by atoms with van der Waals surface area (Å²) in [7, 11) is 0. The Labute approximate surface area is 141 Å². The van der Waals surface area contributed by atoms with Crippen LogP contribution in [0.1, 0.15) is 54.4 Å². The van der Waals surface area contributed by atoms with Crippen molar-refractivity contribution < 1.29 is 9.90 Å². The molecule has 1 rings (SSSR count). The zero-order valence-corrected chi connectivity index (χ0v) is 15.3. The number of hydrogen-bond donors (Lipinski definition) is 1. The number of aliphatic carboxylic acids is 1. The fourth-order valence-electron chi connectivity index (χ4n) is 3.10. The minimum absolute atomic E-state index is 0.313. The van der Waals surface area contributed by atoms with Crippen molar-refractivity contribution in [1.82, 2.24) is 0 Å². The molecule has 0 saturated heterocycles. The van der Waals surface area contributed by atoms with Crippen LogP contribution >= 0.6 is 0 Å². The van der Waals surface area contributed by atoms with Crippen molar-refractivity contribution in [2.75, 3.05) is 0 Å². The Balaban J connectivity index is 2.99. The van der Waals surface area contributed by atoms with Gasteiger partial charge in [0.1, 0.15) is 0 Å². The Morgan fingerprint density at radius 2 is 1.87 bits per heavy atom. The molecular formula is C21H30O2. The van der Waals surface area contributed by atoms with E-state index in [1.165, 1.54) is 11.1 Å². The molecule has 0 heterocycles. The molecule has 0 aromatic rings. The quantitative estimate of drug-likeness (QED) is 0.646. The van der Waals surface area contributed by atoms with Gasteiger partial charge in [0.15, 0.2) is 0 Å². The molecule has 0 saturated carbocycles. The van der Waals surface area contributed by atoms with Crippen molar-refractivity contribution in [1.29, 1.82) is 0 Å². The molecule has 126 valence electrons. The highest BCUT2D eigenvalue weighted by Gasteiger charge is 2.40. The van der Waals surface area contributed by atoms with E-state index in [1.807, 2.05) is 26.8 Å². The van der Waals surface area contributed by atoms with Crippen molar-refractivity contribution in [2.45, 2.75) is 54.4 Å². The van der Waals surface area contributed by atoms with Crippen LogP contribution in [-0.4, -0.2) is 11.1 Å². The first-order valence-electron chi connectivity index (χ1n) is 8.29. The Bertz CT molecular complexity index is 595. The summed E-state index contributed by atoms with van der Waals surface area (Å²) in [6.45, 7) is 12.4. The van der Waals surface area contributed by atoms with Gasteiger partial charge in [0.2, 0.25) is 0 Å². The van der Waals surface area contributed by atoms with Crippen molar-refractivity contribution in [2.24, 2.45) is 11.3 Å². The summed E-state index contributed by atoms with van der Waals surface area (Å²) in [5, 5.41) is 9.47. The van der Waals surface area contributed by atoms with Crippen molar-refractivity contribution in [3.63, 3.8) is 0 Å². The molecule has 1 aliphatic rings. The van der Waals surface area contributed by atoms with Gasteiger partial charge in [-0.15, -0.1) is 0 Å². The van der Waals surface area contributed by atoms with Crippen LogP contribution in [0, 0.1) is 11.3 Å². The second kappa shape index (κ2) is 8.14. The van der Waals surface area contributed by atoms with Crippen molar-refractivity contribution >= 4 is 5.97 Å². The summed E-state index contributed by atoms with van der Waals surface area (Å²) in [6.07, 6.45) is 14.0. The van der Waals surface area contributed by atoms with Gasteiger partial charge in [-0.25, -0.2) is 0 Å². The summed E-state index contributed by atoms with van der Waals surface area (Å²) in [4.78, 5) is 11.5. The van der Waals surface area contributed by atoms with Gasteiger partial charge in [0.05, 0.1) is 5.92 Å². The third kappa shape index (κ3) is 5.09. The summed E-state index contributed by atoms with van der Waals surface area (Å²) < 4.78 is 0. The maximum atomic E-state index is 11.5. The molecule has 2 nitrogen and oxygen atoms in total. The molecule has 0 bridgehead atoms. The minimum Gasteiger partial charge on any atom is -0.481 e. The van der Waals surface area contributed by atoms with Crippen LogP contribution in [0.2, 0.25) is 0 Å². The molecular weight excluding hydrogens is 284 g/mol. The highest BCUT2D eigenvalue weighted by Crippen LogP contribution is 2.45. The number of carboxylic acids is 1. The lowest BCUT2D eigenvalue weighted by Gasteiger charge is -2.38. The third-order valence-electron chi connectivity index (χ3n) is 4.82. The van der Waals surface area contributed by atoms with E-state index in [9.17, 15) is 9.90 Å². The van der Waals surface area contributed by atoms with Gasteiger partial charge in [0, 0.05) is 5.41 Å². The zero-order chi connectivity index (χ0) is 17.6. The molecule has 1 unspecified atom stereocenters. The maximum Gasteiger partial charge on any atom is 0.307 e. The summed E-state index contributed by atoms with van der Waals surface area (Å²) in [5.74, 6) is -1.00. The maximum absolute atomic E-state index is 11.5. The average Bonchev–Trinajstić information content (AvgIpc) is 2.45. The van der Waals surface area contributed by atoms with Crippen LogP contribution < -0.4 is 0 Å². The summed E-state index contributed by atoms with van der Waals surface area (Å²) in [5.41, 5.74) is 4.52. The van der Waals surface area contributed by atoms with Crippen LogP contribution in [0.15, 0.2) is 58.7 Å². The second-order valence-electron chi connectivity index (χ2n) is 6.98. The molecule has 0 fully saturated rings. The van der Waals surface area contributed by atoms with Gasteiger partial charge in [-0.2, -0.15) is 0 Å². The Hall–Kier alpha value is -1.83. The van der Waals surface area contributed by atoms with Gasteiger partial charge < -0.3 is 5.11 Å². The minimum atomic E-state index is -0.689. The van der Waals surface area contributed by atoms with Crippen LogP contribution in [0.3, 0.4) is 0 Å². The highest BCUT2D eigenvalue weighted by molar-refractivity contribution is 5.72. The largest absolute Gasteiger partial charge is 0.481 e. The zero-order valence-electron chi connectivity index (χ0n) is 15.3. The van der Waals surface area contributed by atoms with Crippen LogP contribution in [-0.2, 0) is 4.79 Å². The first-order valence-corrected chi connectivity index (χ1v) is 8.29. The molecule has 0 aliphatic heterocycles. The molecule has 23 heavy (non-hydrogen) atoms. The standard InChI is InChI=1S/C21H30O2/c1-7-15(2)9-8-10-16(3)11-13-18-17(4)12-14-19(20(22)23)21(18,5)6/h7-11,13,19H,12,14H2,1-6H3,(H,22,23). The highest BCUT2D eigenvalue weighted by atomic mass is 16.4. The van der Waals surface area contributed by atoms with Gasteiger partial charge in [-0.3, -0.25) is 4.79 Å². The average molecular weight is 314 g/mol. The van der Waals surface area contributed by atoms with E-state index in [4.69, 9.17) is 0 Å². The predicted octanol–water partition coefficient (Wildman–Crippen LogP) is 5.85. The molecule has 0 amide bonds. The second-order valence-corrected chi connectivity index (χ2v) is 6.98. The van der Waals surface area contributed by atoms with Crippen molar-refractivity contribution in [3.05, 3.63) is 58.7 Å². The van der Waals surface area contributed by atoms with E-state index < -0.39 is 5.97 Å². The molecule has 1 atom stereocenters. The normalized spacial score (nSPS) is 23.1. The monoisotopic (exact) mass is 314 g/mol. The lowest BCUT2D eigenvalue weighted by molar-refractivity contribution is -0.145. The molecule has 0 aromatic heterocycles. The van der Waals surface area contributed by atoms with Crippen LogP contribution in [0.4, 0.5) is 0 Å². The van der Waals surface area contributed by atoms with Gasteiger partial charge in [-0.1, -0.05) is 67.0 Å². The number of hydrogen-bond acceptors (Lipinski definition) is 1. The van der Waals surface area contributed by atoms with Crippen molar-refractivity contribution in [3.8, 4) is 0 Å². The molecule has 2 heteroatoms. The SMILES string of the molecule is CC=C(C)C=CC=C(C)C=CC1=C(C)CCC(C(=O)O)C1(C)C. The lowest BCUT2D eigenvalue weighted by Crippen LogP contribution is -2.35. The topological polar surface area (TPSA) is 37.3 Å². The Morgan fingerprint density at radius 3 is 2.43 bits per heavy atom. The lowest BCUT2D eigenvalue weighted by atomic mass is 9.65. The molecule has 1 N–H and O–H groups in total. The molecule has 1 aliphatic carbocycles. The number of carboxylic acid groups (broad SMARTS) is 1. The van der Waals surface area contributed by atoms with E-state index in [2.05, 4.69) is 51.2 Å². The summed E-state index contributed by atoms with van der Waals surface area (Å²) in [6, 6.07) is 0. The predicted molar refractivity (Wildman–Crippen MR) is 98.3 cm³/mol. The Kier molecular flexibility index (Phi) is 6.80. The Morgan fingerprint density at radius 1 is 1.22 bits per heavy atom. The van der Waals surface area contributed by atoms with Gasteiger partial charge in [-0.05, 0) is 46.1 Å². The molecule has 0 aromatic carbocycles. The fourth-order valence-corrected chi connectivity index (χ4v) is 3.10. The molecule has 0 radical (unpaired) electrons. The third-order valence-corrected chi connectivity index (χ3v) is 4.82. The van der Waals surface area contributed by atoms with E-state index in [-0.39, 0.29) is 11.3 Å². The number of carbonyl (C=O) groups is 1. The van der Waals surface area contributed by atoms with Crippen LogP contribution in [0.5, 0.6) is 0 Å². The fraction of sp³-hybridized carbons (Fsp3) is 0.476.